The number of rotatable bonds is 10. The van der Waals surface area contributed by atoms with E-state index in [4.69, 9.17) is 0 Å². The molecule has 2 N–H and O–H groups in total. The Bertz CT molecular complexity index is 149. The third-order valence-electron chi connectivity index (χ3n) is 3.06. The molecule has 16 heavy (non-hydrogen) atoms. The lowest BCUT2D eigenvalue weighted by Crippen LogP contribution is -2.40. The maximum Gasteiger partial charge on any atom is 0.0791 e. The summed E-state index contributed by atoms with van der Waals surface area (Å²) < 4.78 is 0. The number of hydrogen-bond acceptors (Lipinski definition) is 3. The molecule has 3 nitrogen and oxygen atoms in total. The van der Waals surface area contributed by atoms with Gasteiger partial charge in [0, 0.05) is 19.1 Å². The molecule has 0 saturated carbocycles. The molecule has 0 saturated heterocycles. The first-order valence-electron chi connectivity index (χ1n) is 6.77. The van der Waals surface area contributed by atoms with E-state index in [9.17, 15) is 5.11 Å². The van der Waals surface area contributed by atoms with Crippen molar-refractivity contribution in [3.8, 4) is 0 Å². The first-order valence-corrected chi connectivity index (χ1v) is 6.77. The van der Waals surface area contributed by atoms with Gasteiger partial charge in [0.2, 0.25) is 0 Å². The van der Waals surface area contributed by atoms with Crippen LogP contribution in [-0.2, 0) is 0 Å². The Hall–Kier alpha value is -0.120. The van der Waals surface area contributed by atoms with Crippen LogP contribution in [-0.4, -0.2) is 48.3 Å². The highest BCUT2D eigenvalue weighted by atomic mass is 16.3. The van der Waals surface area contributed by atoms with Gasteiger partial charge < -0.3 is 15.3 Å². The van der Waals surface area contributed by atoms with Crippen molar-refractivity contribution < 1.29 is 5.11 Å². The van der Waals surface area contributed by atoms with Gasteiger partial charge in [-0.3, -0.25) is 0 Å². The fraction of sp³-hybridized carbons (Fsp3) is 1.00. The lowest BCUT2D eigenvalue weighted by molar-refractivity contribution is 0.114. The second-order valence-electron chi connectivity index (χ2n) is 4.59. The normalized spacial score (nSPS) is 15.4. The van der Waals surface area contributed by atoms with E-state index in [-0.39, 0.29) is 6.10 Å². The molecule has 0 fully saturated rings. The fourth-order valence-corrected chi connectivity index (χ4v) is 1.79. The van der Waals surface area contributed by atoms with Crippen LogP contribution in [0.1, 0.15) is 47.0 Å². The predicted octanol–water partition coefficient (Wildman–Crippen LogP) is 1.86. The van der Waals surface area contributed by atoms with Gasteiger partial charge in [0.05, 0.1) is 6.10 Å². The van der Waals surface area contributed by atoms with E-state index in [1.807, 2.05) is 0 Å². The van der Waals surface area contributed by atoms with Crippen LogP contribution in [0.25, 0.3) is 0 Å². The predicted molar refractivity (Wildman–Crippen MR) is 70.8 cm³/mol. The molecule has 0 aromatic carbocycles. The molecule has 0 aliphatic rings. The largest absolute Gasteiger partial charge is 0.390 e. The Kier molecular flexibility index (Phi) is 9.99. The SMILES string of the molecule is CCCCC(C)NCC(O)CN(CC)CC. The third-order valence-corrected chi connectivity index (χ3v) is 3.06. The van der Waals surface area contributed by atoms with E-state index in [1.165, 1.54) is 19.3 Å². The van der Waals surface area contributed by atoms with Crippen molar-refractivity contribution in [3.63, 3.8) is 0 Å². The molecule has 98 valence electrons. The van der Waals surface area contributed by atoms with E-state index in [0.29, 0.717) is 12.6 Å². The van der Waals surface area contributed by atoms with Gasteiger partial charge >= 0.3 is 0 Å². The summed E-state index contributed by atoms with van der Waals surface area (Å²) in [6, 6.07) is 0.520. The van der Waals surface area contributed by atoms with Crippen molar-refractivity contribution in [1.82, 2.24) is 10.2 Å². The van der Waals surface area contributed by atoms with Gasteiger partial charge in [-0.1, -0.05) is 33.6 Å². The number of nitrogens with zero attached hydrogens (tertiary/aromatic N) is 1. The molecule has 3 heteroatoms. The zero-order valence-corrected chi connectivity index (χ0v) is 11.5. The zero-order valence-electron chi connectivity index (χ0n) is 11.5. The van der Waals surface area contributed by atoms with Crippen molar-refractivity contribution in [2.75, 3.05) is 26.2 Å². The average Bonchev–Trinajstić information content (AvgIpc) is 2.30. The molecular formula is C13H30N2O. The molecular weight excluding hydrogens is 200 g/mol. The number of aliphatic hydroxyl groups excluding tert-OH is 1. The zero-order chi connectivity index (χ0) is 12.4. The van der Waals surface area contributed by atoms with Gasteiger partial charge in [0.25, 0.3) is 0 Å². The maximum absolute atomic E-state index is 9.85. The first kappa shape index (κ1) is 15.9. The van der Waals surface area contributed by atoms with E-state index >= 15 is 0 Å². The van der Waals surface area contributed by atoms with Crippen molar-refractivity contribution in [3.05, 3.63) is 0 Å². The number of aliphatic hydroxyl groups is 1. The van der Waals surface area contributed by atoms with E-state index in [2.05, 4.69) is 37.9 Å². The van der Waals surface area contributed by atoms with Crippen LogP contribution >= 0.6 is 0 Å². The Balaban J connectivity index is 3.59. The van der Waals surface area contributed by atoms with Crippen molar-refractivity contribution in [1.29, 1.82) is 0 Å². The molecule has 2 unspecified atom stereocenters. The van der Waals surface area contributed by atoms with Crippen molar-refractivity contribution in [2.24, 2.45) is 0 Å². The molecule has 0 bridgehead atoms. The number of likely N-dealkylation sites (N-methyl/N-ethyl adjacent to an activating group) is 1. The minimum Gasteiger partial charge on any atom is -0.390 e. The molecule has 0 radical (unpaired) electrons. The van der Waals surface area contributed by atoms with Crippen LogP contribution in [0.5, 0.6) is 0 Å². The summed E-state index contributed by atoms with van der Waals surface area (Å²) in [6.07, 6.45) is 3.46. The second kappa shape index (κ2) is 10.1. The van der Waals surface area contributed by atoms with Crippen LogP contribution < -0.4 is 5.32 Å². The minimum absolute atomic E-state index is 0.246. The number of unbranched alkanes of at least 4 members (excludes halogenated alkanes) is 1. The van der Waals surface area contributed by atoms with Gasteiger partial charge in [-0.15, -0.1) is 0 Å². The molecule has 0 amide bonds. The highest BCUT2D eigenvalue weighted by Gasteiger charge is 2.09. The minimum atomic E-state index is -0.246. The maximum atomic E-state index is 9.85. The van der Waals surface area contributed by atoms with Crippen molar-refractivity contribution >= 4 is 0 Å². The molecule has 0 heterocycles. The lowest BCUT2D eigenvalue weighted by Gasteiger charge is -2.23. The Morgan fingerprint density at radius 3 is 2.31 bits per heavy atom. The molecule has 0 rings (SSSR count). The van der Waals surface area contributed by atoms with Crippen LogP contribution in [0.15, 0.2) is 0 Å². The summed E-state index contributed by atoms with van der Waals surface area (Å²) in [6.45, 7) is 12.2. The summed E-state index contributed by atoms with van der Waals surface area (Å²) in [5, 5.41) is 13.2. The number of hydrogen-bond donors (Lipinski definition) is 2. The van der Waals surface area contributed by atoms with E-state index in [1.54, 1.807) is 0 Å². The highest BCUT2D eigenvalue weighted by molar-refractivity contribution is 4.68. The summed E-state index contributed by atoms with van der Waals surface area (Å²) >= 11 is 0. The Morgan fingerprint density at radius 1 is 1.19 bits per heavy atom. The van der Waals surface area contributed by atoms with Crippen LogP contribution in [0.2, 0.25) is 0 Å². The summed E-state index contributed by atoms with van der Waals surface area (Å²) in [5.74, 6) is 0. The van der Waals surface area contributed by atoms with Gasteiger partial charge in [0.1, 0.15) is 0 Å². The van der Waals surface area contributed by atoms with Gasteiger partial charge in [-0.05, 0) is 26.4 Å². The first-order chi connectivity index (χ1) is 7.63. The van der Waals surface area contributed by atoms with Crippen LogP contribution in [0.4, 0.5) is 0 Å². The molecule has 0 aliphatic heterocycles. The van der Waals surface area contributed by atoms with Crippen LogP contribution in [0.3, 0.4) is 0 Å². The molecule has 0 spiro atoms. The summed E-state index contributed by atoms with van der Waals surface area (Å²) in [4.78, 5) is 2.25. The highest BCUT2D eigenvalue weighted by Crippen LogP contribution is 1.99. The summed E-state index contributed by atoms with van der Waals surface area (Å²) in [7, 11) is 0. The third kappa shape index (κ3) is 8.08. The lowest BCUT2D eigenvalue weighted by atomic mass is 10.1. The van der Waals surface area contributed by atoms with E-state index < -0.39 is 0 Å². The van der Waals surface area contributed by atoms with Gasteiger partial charge in [0.15, 0.2) is 0 Å². The van der Waals surface area contributed by atoms with Crippen LogP contribution in [0, 0.1) is 0 Å². The van der Waals surface area contributed by atoms with Crippen molar-refractivity contribution in [2.45, 2.75) is 59.1 Å². The Morgan fingerprint density at radius 2 is 1.81 bits per heavy atom. The standard InChI is InChI=1S/C13H30N2O/c1-5-8-9-12(4)14-10-13(16)11-15(6-2)7-3/h12-14,16H,5-11H2,1-4H3. The number of nitrogens with one attached hydrogen (secondary N) is 1. The van der Waals surface area contributed by atoms with Gasteiger partial charge in [-0.2, -0.15) is 0 Å². The fourth-order valence-electron chi connectivity index (χ4n) is 1.79. The second-order valence-corrected chi connectivity index (χ2v) is 4.59. The molecule has 0 aliphatic carbocycles. The average molecular weight is 230 g/mol. The molecule has 2 atom stereocenters. The monoisotopic (exact) mass is 230 g/mol. The Labute approximate surface area is 101 Å². The summed E-state index contributed by atoms with van der Waals surface area (Å²) in [5.41, 5.74) is 0. The topological polar surface area (TPSA) is 35.5 Å². The van der Waals surface area contributed by atoms with Gasteiger partial charge in [-0.25, -0.2) is 0 Å². The smallest absolute Gasteiger partial charge is 0.0791 e. The molecule has 0 aromatic heterocycles. The molecule has 0 aromatic rings. The quantitative estimate of drug-likeness (QED) is 0.601. The van der Waals surface area contributed by atoms with E-state index in [0.717, 1.165) is 19.6 Å².